The molecule has 0 aliphatic carbocycles. The van der Waals surface area contributed by atoms with Crippen LogP contribution in [0.4, 0.5) is 0 Å². The molecular weight excluding hydrogens is 164 g/mol. The molecule has 0 saturated carbocycles. The minimum Gasteiger partial charge on any atom is -0.383 e. The van der Waals surface area contributed by atoms with E-state index in [4.69, 9.17) is 4.74 Å². The summed E-state index contributed by atoms with van der Waals surface area (Å²) in [7, 11) is 1.75. The summed E-state index contributed by atoms with van der Waals surface area (Å²) >= 11 is 0. The molecule has 3 nitrogen and oxygen atoms in total. The number of rotatable bonds is 3. The second-order valence-corrected chi connectivity index (χ2v) is 2.58. The van der Waals surface area contributed by atoms with E-state index >= 15 is 0 Å². The first-order valence-corrected chi connectivity index (χ1v) is 3.85. The van der Waals surface area contributed by atoms with Gasteiger partial charge in [0.25, 0.3) is 0 Å². The van der Waals surface area contributed by atoms with E-state index in [1.165, 1.54) is 13.1 Å². The summed E-state index contributed by atoms with van der Waals surface area (Å²) in [4.78, 5) is 2.42. The maximum absolute atomic E-state index is 4.98. The molecule has 1 fully saturated rings. The van der Waals surface area contributed by atoms with E-state index in [-0.39, 0.29) is 12.4 Å². The fourth-order valence-corrected chi connectivity index (χ4v) is 1.16. The molecule has 1 heterocycles. The number of halogens is 1. The molecule has 0 radical (unpaired) electrons. The first-order valence-electron chi connectivity index (χ1n) is 3.85. The molecule has 0 aromatic heterocycles. The fourth-order valence-electron chi connectivity index (χ4n) is 1.16. The Labute approximate surface area is 74.5 Å². The summed E-state index contributed by atoms with van der Waals surface area (Å²) in [5.41, 5.74) is 0. The quantitative estimate of drug-likeness (QED) is 0.660. The van der Waals surface area contributed by atoms with Crippen LogP contribution in [0.1, 0.15) is 0 Å². The van der Waals surface area contributed by atoms with Crippen LogP contribution in [0.2, 0.25) is 0 Å². The van der Waals surface area contributed by atoms with Crippen LogP contribution in [-0.2, 0) is 4.74 Å². The van der Waals surface area contributed by atoms with Crippen molar-refractivity contribution in [2.24, 2.45) is 0 Å². The van der Waals surface area contributed by atoms with Gasteiger partial charge in [-0.1, -0.05) is 0 Å². The van der Waals surface area contributed by atoms with Gasteiger partial charge in [0.15, 0.2) is 0 Å². The van der Waals surface area contributed by atoms with Crippen molar-refractivity contribution in [3.05, 3.63) is 0 Å². The van der Waals surface area contributed by atoms with E-state index in [2.05, 4.69) is 10.2 Å². The molecule has 0 aromatic carbocycles. The topological polar surface area (TPSA) is 24.5 Å². The van der Waals surface area contributed by atoms with Crippen molar-refractivity contribution in [3.63, 3.8) is 0 Å². The third-order valence-corrected chi connectivity index (χ3v) is 1.82. The van der Waals surface area contributed by atoms with Gasteiger partial charge >= 0.3 is 0 Å². The largest absolute Gasteiger partial charge is 0.383 e. The summed E-state index contributed by atoms with van der Waals surface area (Å²) in [6.07, 6.45) is 0. The van der Waals surface area contributed by atoms with Crippen molar-refractivity contribution in [2.45, 2.75) is 0 Å². The van der Waals surface area contributed by atoms with E-state index in [9.17, 15) is 0 Å². The Balaban J connectivity index is 0.000001000. The second-order valence-electron chi connectivity index (χ2n) is 2.58. The lowest BCUT2D eigenvalue weighted by Gasteiger charge is -2.26. The highest BCUT2D eigenvalue weighted by Gasteiger charge is 2.07. The van der Waals surface area contributed by atoms with Gasteiger partial charge < -0.3 is 10.1 Å². The molecule has 0 unspecified atom stereocenters. The molecule has 1 aliphatic heterocycles. The zero-order valence-electron chi connectivity index (χ0n) is 7.01. The zero-order chi connectivity index (χ0) is 7.23. The van der Waals surface area contributed by atoms with Gasteiger partial charge in [-0.05, 0) is 0 Å². The first kappa shape index (κ1) is 11.2. The number of piperazine rings is 1. The van der Waals surface area contributed by atoms with Crippen molar-refractivity contribution in [1.29, 1.82) is 0 Å². The molecular formula is C7H17ClN2O. The van der Waals surface area contributed by atoms with Crippen LogP contribution in [-0.4, -0.2) is 51.3 Å². The Hall–Kier alpha value is 0.170. The van der Waals surface area contributed by atoms with E-state index in [1.807, 2.05) is 0 Å². The molecule has 1 N–H and O–H groups in total. The Bertz CT molecular complexity index is 86.5. The van der Waals surface area contributed by atoms with Crippen LogP contribution in [0, 0.1) is 0 Å². The Morgan fingerprint density at radius 2 is 2.00 bits per heavy atom. The van der Waals surface area contributed by atoms with Crippen LogP contribution < -0.4 is 5.32 Å². The molecule has 4 heteroatoms. The predicted molar refractivity (Wildman–Crippen MR) is 48.4 cm³/mol. The van der Waals surface area contributed by atoms with Gasteiger partial charge in [0.1, 0.15) is 0 Å². The second kappa shape index (κ2) is 6.85. The summed E-state index contributed by atoms with van der Waals surface area (Å²) in [5.74, 6) is 0. The van der Waals surface area contributed by atoms with Crippen molar-refractivity contribution in [3.8, 4) is 0 Å². The molecule has 1 saturated heterocycles. The Kier molecular flexibility index (Phi) is 6.96. The zero-order valence-corrected chi connectivity index (χ0v) is 7.82. The SMILES string of the molecule is COCCN1CCNCC1.Cl. The molecule has 1 rings (SSSR count). The average Bonchev–Trinajstić information content (AvgIpc) is 2.03. The molecule has 0 atom stereocenters. The van der Waals surface area contributed by atoms with Gasteiger partial charge in [-0.15, -0.1) is 12.4 Å². The number of nitrogens with one attached hydrogen (secondary N) is 1. The van der Waals surface area contributed by atoms with Gasteiger partial charge in [0, 0.05) is 39.8 Å². The number of nitrogens with zero attached hydrogens (tertiary/aromatic N) is 1. The van der Waals surface area contributed by atoms with E-state index in [0.29, 0.717) is 0 Å². The highest BCUT2D eigenvalue weighted by atomic mass is 35.5. The predicted octanol–water partition coefficient (Wildman–Crippen LogP) is -0.0402. The third-order valence-electron chi connectivity index (χ3n) is 1.82. The smallest absolute Gasteiger partial charge is 0.0589 e. The summed E-state index contributed by atoms with van der Waals surface area (Å²) in [6.45, 7) is 6.54. The first-order chi connectivity index (χ1) is 4.93. The van der Waals surface area contributed by atoms with Crippen LogP contribution in [0.3, 0.4) is 0 Å². The number of methoxy groups -OCH3 is 1. The number of hydrogen-bond acceptors (Lipinski definition) is 3. The molecule has 0 aromatic rings. The van der Waals surface area contributed by atoms with E-state index in [0.717, 1.165) is 26.2 Å². The normalized spacial score (nSPS) is 19.4. The lowest BCUT2D eigenvalue weighted by molar-refractivity contribution is 0.139. The molecule has 1 aliphatic rings. The molecule has 68 valence electrons. The monoisotopic (exact) mass is 180 g/mol. The average molecular weight is 181 g/mol. The highest BCUT2D eigenvalue weighted by Crippen LogP contribution is 1.90. The Morgan fingerprint density at radius 3 is 2.55 bits per heavy atom. The maximum Gasteiger partial charge on any atom is 0.0589 e. The van der Waals surface area contributed by atoms with Crippen LogP contribution in [0.25, 0.3) is 0 Å². The van der Waals surface area contributed by atoms with Crippen molar-refractivity contribution in [1.82, 2.24) is 10.2 Å². The summed E-state index contributed by atoms with van der Waals surface area (Å²) < 4.78 is 4.98. The maximum atomic E-state index is 4.98. The van der Waals surface area contributed by atoms with Crippen molar-refractivity contribution >= 4 is 12.4 Å². The number of ether oxygens (including phenoxy) is 1. The molecule has 11 heavy (non-hydrogen) atoms. The van der Waals surface area contributed by atoms with Crippen molar-refractivity contribution in [2.75, 3.05) is 46.4 Å². The van der Waals surface area contributed by atoms with Crippen LogP contribution in [0.5, 0.6) is 0 Å². The third kappa shape index (κ3) is 4.58. The van der Waals surface area contributed by atoms with E-state index < -0.39 is 0 Å². The minimum atomic E-state index is 0. The van der Waals surface area contributed by atoms with Gasteiger partial charge in [-0.2, -0.15) is 0 Å². The highest BCUT2D eigenvalue weighted by molar-refractivity contribution is 5.85. The van der Waals surface area contributed by atoms with Gasteiger partial charge in [-0.3, -0.25) is 4.90 Å². The van der Waals surface area contributed by atoms with E-state index in [1.54, 1.807) is 7.11 Å². The van der Waals surface area contributed by atoms with Gasteiger partial charge in [-0.25, -0.2) is 0 Å². The van der Waals surface area contributed by atoms with Gasteiger partial charge in [0.2, 0.25) is 0 Å². The molecule has 0 amide bonds. The van der Waals surface area contributed by atoms with Crippen molar-refractivity contribution < 1.29 is 4.74 Å². The minimum absolute atomic E-state index is 0. The molecule has 0 bridgehead atoms. The fraction of sp³-hybridized carbons (Fsp3) is 1.00. The lowest BCUT2D eigenvalue weighted by atomic mass is 10.4. The van der Waals surface area contributed by atoms with Gasteiger partial charge in [0.05, 0.1) is 6.61 Å². The van der Waals surface area contributed by atoms with Crippen LogP contribution in [0.15, 0.2) is 0 Å². The summed E-state index contributed by atoms with van der Waals surface area (Å²) in [6, 6.07) is 0. The standard InChI is InChI=1S/C7H16N2O.ClH/c1-10-7-6-9-4-2-8-3-5-9;/h8H,2-7H2,1H3;1H. The summed E-state index contributed by atoms with van der Waals surface area (Å²) in [5, 5.41) is 3.31. The number of hydrogen-bond donors (Lipinski definition) is 1. The van der Waals surface area contributed by atoms with Crippen LogP contribution >= 0.6 is 12.4 Å². The molecule has 0 spiro atoms. The lowest BCUT2D eigenvalue weighted by Crippen LogP contribution is -2.44. The Morgan fingerprint density at radius 1 is 1.36 bits per heavy atom.